The molecule has 20 heavy (non-hydrogen) atoms. The summed E-state index contributed by atoms with van der Waals surface area (Å²) in [7, 11) is 1.62. The zero-order valence-electron chi connectivity index (χ0n) is 12.1. The predicted octanol–water partition coefficient (Wildman–Crippen LogP) is 1.60. The van der Waals surface area contributed by atoms with Gasteiger partial charge in [0.05, 0.1) is 25.7 Å². The molecule has 0 saturated carbocycles. The molecule has 0 spiro atoms. The molecule has 1 aromatic rings. The number of benzene rings is 1. The van der Waals surface area contributed by atoms with Gasteiger partial charge in [-0.15, -0.1) is 0 Å². The molecule has 0 bridgehead atoms. The lowest BCUT2D eigenvalue weighted by Gasteiger charge is -2.40. The van der Waals surface area contributed by atoms with Crippen molar-refractivity contribution >= 4 is 5.91 Å². The minimum atomic E-state index is -0.594. The Morgan fingerprint density at radius 3 is 2.50 bits per heavy atom. The van der Waals surface area contributed by atoms with E-state index in [4.69, 9.17) is 9.57 Å². The SMILES string of the molecule is COc1ccc(CON2C[C@H]([C@H](O)C(C)C)C2=O)cc1. The van der Waals surface area contributed by atoms with Gasteiger partial charge in [-0.3, -0.25) is 9.63 Å². The van der Waals surface area contributed by atoms with Gasteiger partial charge in [0.1, 0.15) is 12.4 Å². The summed E-state index contributed by atoms with van der Waals surface area (Å²) >= 11 is 0. The number of aliphatic hydroxyl groups is 1. The maximum absolute atomic E-state index is 11.9. The molecule has 1 aliphatic rings. The molecule has 5 heteroatoms. The Balaban J connectivity index is 1.80. The molecule has 1 aliphatic heterocycles. The number of aliphatic hydroxyl groups excluding tert-OH is 1. The number of rotatable bonds is 6. The van der Waals surface area contributed by atoms with Crippen LogP contribution in [0.4, 0.5) is 0 Å². The van der Waals surface area contributed by atoms with Gasteiger partial charge in [0.2, 0.25) is 0 Å². The number of hydroxylamine groups is 2. The van der Waals surface area contributed by atoms with Gasteiger partial charge < -0.3 is 9.84 Å². The molecule has 2 rings (SSSR count). The molecule has 1 heterocycles. The lowest BCUT2D eigenvalue weighted by atomic mass is 9.88. The highest BCUT2D eigenvalue weighted by Crippen LogP contribution is 2.26. The summed E-state index contributed by atoms with van der Waals surface area (Å²) in [4.78, 5) is 17.3. The van der Waals surface area contributed by atoms with Crippen molar-refractivity contribution < 1.29 is 19.5 Å². The largest absolute Gasteiger partial charge is 0.497 e. The summed E-state index contributed by atoms with van der Waals surface area (Å²) in [6.07, 6.45) is -0.594. The Hall–Kier alpha value is -1.59. The molecular weight excluding hydrogens is 258 g/mol. The number of amides is 1. The third-order valence-electron chi connectivity index (χ3n) is 3.57. The normalized spacial score (nSPS) is 19.9. The van der Waals surface area contributed by atoms with E-state index in [1.54, 1.807) is 7.11 Å². The van der Waals surface area contributed by atoms with Crippen molar-refractivity contribution in [2.75, 3.05) is 13.7 Å². The van der Waals surface area contributed by atoms with Gasteiger partial charge in [0, 0.05) is 0 Å². The number of nitrogens with zero attached hydrogens (tertiary/aromatic N) is 1. The molecule has 1 amide bonds. The van der Waals surface area contributed by atoms with Crippen LogP contribution in [0.3, 0.4) is 0 Å². The molecule has 2 atom stereocenters. The first-order chi connectivity index (χ1) is 9.52. The maximum atomic E-state index is 11.9. The number of methoxy groups -OCH3 is 1. The van der Waals surface area contributed by atoms with Crippen molar-refractivity contribution in [1.29, 1.82) is 0 Å². The van der Waals surface area contributed by atoms with Gasteiger partial charge in [0.25, 0.3) is 5.91 Å². The zero-order chi connectivity index (χ0) is 14.7. The zero-order valence-corrected chi connectivity index (χ0v) is 12.1. The second-order valence-corrected chi connectivity index (χ2v) is 5.36. The predicted molar refractivity (Wildman–Crippen MR) is 73.8 cm³/mol. The molecule has 0 radical (unpaired) electrons. The number of hydrogen-bond donors (Lipinski definition) is 1. The standard InChI is InChI=1S/C15H21NO4/c1-10(2)14(17)13-8-16(15(13)18)20-9-11-4-6-12(19-3)7-5-11/h4-7,10,13-14,17H,8-9H2,1-3H3/t13-,14-/m1/s1. The summed E-state index contributed by atoms with van der Waals surface area (Å²) in [5.74, 6) is 0.396. The number of β-lactam (4-membered cyclic amide) rings is 1. The minimum absolute atomic E-state index is 0.0766. The highest BCUT2D eigenvalue weighted by molar-refractivity contribution is 5.84. The van der Waals surface area contributed by atoms with Gasteiger partial charge in [-0.05, 0) is 23.6 Å². The van der Waals surface area contributed by atoms with Gasteiger partial charge in [-0.1, -0.05) is 26.0 Å². The smallest absolute Gasteiger partial charge is 0.253 e. The van der Waals surface area contributed by atoms with E-state index in [9.17, 15) is 9.90 Å². The van der Waals surface area contributed by atoms with Crippen LogP contribution in [0.1, 0.15) is 19.4 Å². The quantitative estimate of drug-likeness (QED) is 0.804. The average molecular weight is 279 g/mol. The average Bonchev–Trinajstić information content (AvgIpc) is 2.45. The summed E-state index contributed by atoms with van der Waals surface area (Å²) in [5.41, 5.74) is 0.964. The monoisotopic (exact) mass is 279 g/mol. The van der Waals surface area contributed by atoms with E-state index >= 15 is 0 Å². The fraction of sp³-hybridized carbons (Fsp3) is 0.533. The summed E-state index contributed by atoms with van der Waals surface area (Å²) in [6.45, 7) is 4.59. The molecule has 1 N–H and O–H groups in total. The third kappa shape index (κ3) is 3.11. The van der Waals surface area contributed by atoms with Crippen LogP contribution in [-0.4, -0.2) is 35.8 Å². The van der Waals surface area contributed by atoms with Gasteiger partial charge >= 0.3 is 0 Å². The van der Waals surface area contributed by atoms with Crippen molar-refractivity contribution in [3.63, 3.8) is 0 Å². The van der Waals surface area contributed by atoms with Crippen LogP contribution >= 0.6 is 0 Å². The summed E-state index contributed by atoms with van der Waals surface area (Å²) in [5, 5.41) is 11.2. The first-order valence-corrected chi connectivity index (χ1v) is 6.78. The van der Waals surface area contributed by atoms with E-state index in [0.29, 0.717) is 13.2 Å². The maximum Gasteiger partial charge on any atom is 0.253 e. The van der Waals surface area contributed by atoms with E-state index in [1.165, 1.54) is 5.06 Å². The molecule has 110 valence electrons. The molecule has 5 nitrogen and oxygen atoms in total. The van der Waals surface area contributed by atoms with Crippen molar-refractivity contribution in [3.05, 3.63) is 29.8 Å². The lowest BCUT2D eigenvalue weighted by molar-refractivity contribution is -0.235. The van der Waals surface area contributed by atoms with Crippen LogP contribution < -0.4 is 4.74 Å². The van der Waals surface area contributed by atoms with E-state index in [-0.39, 0.29) is 17.7 Å². The Bertz CT molecular complexity index is 457. The summed E-state index contributed by atoms with van der Waals surface area (Å²) < 4.78 is 5.07. The van der Waals surface area contributed by atoms with Gasteiger partial charge in [-0.2, -0.15) is 0 Å². The second kappa shape index (κ2) is 6.24. The summed E-state index contributed by atoms with van der Waals surface area (Å²) in [6, 6.07) is 7.48. The van der Waals surface area contributed by atoms with Crippen molar-refractivity contribution in [2.45, 2.75) is 26.6 Å². The molecule has 1 saturated heterocycles. The highest BCUT2D eigenvalue weighted by atomic mass is 16.7. The van der Waals surface area contributed by atoms with Crippen LogP contribution in [0, 0.1) is 11.8 Å². The first-order valence-electron chi connectivity index (χ1n) is 6.78. The molecule has 1 aromatic carbocycles. The Morgan fingerprint density at radius 2 is 2.00 bits per heavy atom. The van der Waals surface area contributed by atoms with Crippen LogP contribution in [0.2, 0.25) is 0 Å². The molecule has 0 aromatic heterocycles. The van der Waals surface area contributed by atoms with Crippen LogP contribution in [0.25, 0.3) is 0 Å². The molecule has 0 aliphatic carbocycles. The number of carbonyl (C=O) groups excluding carboxylic acids is 1. The van der Waals surface area contributed by atoms with Crippen LogP contribution in [0.5, 0.6) is 5.75 Å². The van der Waals surface area contributed by atoms with Gasteiger partial charge in [-0.25, -0.2) is 5.06 Å². The van der Waals surface area contributed by atoms with E-state index in [0.717, 1.165) is 11.3 Å². The fourth-order valence-electron chi connectivity index (χ4n) is 2.13. The van der Waals surface area contributed by atoms with Gasteiger partial charge in [0.15, 0.2) is 0 Å². The van der Waals surface area contributed by atoms with Crippen LogP contribution in [-0.2, 0) is 16.2 Å². The molecule has 1 fully saturated rings. The van der Waals surface area contributed by atoms with E-state index < -0.39 is 6.10 Å². The van der Waals surface area contributed by atoms with Crippen molar-refractivity contribution in [1.82, 2.24) is 5.06 Å². The number of ether oxygens (including phenoxy) is 1. The fourth-order valence-corrected chi connectivity index (χ4v) is 2.13. The molecular formula is C15H21NO4. The molecule has 0 unspecified atom stereocenters. The minimum Gasteiger partial charge on any atom is -0.497 e. The Morgan fingerprint density at radius 1 is 1.35 bits per heavy atom. The first kappa shape index (κ1) is 14.8. The Labute approximate surface area is 119 Å². The Kier molecular flexibility index (Phi) is 4.62. The number of hydrogen-bond acceptors (Lipinski definition) is 4. The topological polar surface area (TPSA) is 59.0 Å². The lowest BCUT2D eigenvalue weighted by Crippen LogP contribution is -2.57. The number of carbonyl (C=O) groups is 1. The van der Waals surface area contributed by atoms with Crippen molar-refractivity contribution in [3.8, 4) is 5.75 Å². The second-order valence-electron chi connectivity index (χ2n) is 5.36. The third-order valence-corrected chi connectivity index (χ3v) is 3.57. The van der Waals surface area contributed by atoms with Crippen LogP contribution in [0.15, 0.2) is 24.3 Å². The van der Waals surface area contributed by atoms with E-state index in [2.05, 4.69) is 0 Å². The van der Waals surface area contributed by atoms with E-state index in [1.807, 2.05) is 38.1 Å². The van der Waals surface area contributed by atoms with Crippen molar-refractivity contribution in [2.24, 2.45) is 11.8 Å². The highest BCUT2D eigenvalue weighted by Gasteiger charge is 2.43.